The average molecular weight is 475 g/mol. The van der Waals surface area contributed by atoms with Gasteiger partial charge in [-0.2, -0.15) is 5.10 Å². The molecule has 1 atom stereocenters. The van der Waals surface area contributed by atoms with Crippen LogP contribution in [0.3, 0.4) is 0 Å². The fourth-order valence-corrected chi connectivity index (χ4v) is 4.36. The third-order valence-electron chi connectivity index (χ3n) is 5.83. The van der Waals surface area contributed by atoms with Crippen LogP contribution in [0.2, 0.25) is 5.02 Å². The van der Waals surface area contributed by atoms with E-state index in [1.54, 1.807) is 41.3 Å². The van der Waals surface area contributed by atoms with E-state index >= 15 is 0 Å². The first-order valence-electron chi connectivity index (χ1n) is 10.8. The van der Waals surface area contributed by atoms with E-state index in [0.717, 1.165) is 44.5 Å². The Bertz CT molecular complexity index is 1500. The van der Waals surface area contributed by atoms with Crippen molar-refractivity contribution >= 4 is 28.5 Å². The molecule has 8 nitrogen and oxygen atoms in total. The molecule has 4 heterocycles. The summed E-state index contributed by atoms with van der Waals surface area (Å²) < 4.78 is 1.75. The highest BCUT2D eigenvalue weighted by Crippen LogP contribution is 2.34. The van der Waals surface area contributed by atoms with Crippen LogP contribution in [-0.2, 0) is 7.05 Å². The molecule has 0 bridgehead atoms. The Kier molecular flexibility index (Phi) is 5.69. The van der Waals surface area contributed by atoms with Gasteiger partial charge in [0.15, 0.2) is 0 Å². The highest BCUT2D eigenvalue weighted by molar-refractivity contribution is 6.30. The van der Waals surface area contributed by atoms with Crippen molar-refractivity contribution in [3.05, 3.63) is 83.2 Å². The standard InChI is InChI=1S/C25H23ClN6O2/c1-14-23(20-7-16(9-28-24(20)30-14)18-11-29-32(2)12-18)17-8-21(27-10-17)25(34)31-22(13-33)15-4-3-5-19(26)6-15/h3-12,22,27,33H,13H2,1-2H3,(H,28,30)(H,31,34)/t22-/m1/s1. The van der Waals surface area contributed by atoms with Crippen molar-refractivity contribution < 1.29 is 9.90 Å². The number of aliphatic hydroxyl groups excluding tert-OH is 1. The van der Waals surface area contributed by atoms with Crippen molar-refractivity contribution in [2.45, 2.75) is 13.0 Å². The van der Waals surface area contributed by atoms with Crippen LogP contribution in [0.5, 0.6) is 0 Å². The van der Waals surface area contributed by atoms with E-state index in [9.17, 15) is 9.90 Å². The monoisotopic (exact) mass is 474 g/mol. The molecule has 0 fully saturated rings. The lowest BCUT2D eigenvalue weighted by atomic mass is 10.0. The second-order valence-corrected chi connectivity index (χ2v) is 8.65. The summed E-state index contributed by atoms with van der Waals surface area (Å²) >= 11 is 6.06. The van der Waals surface area contributed by atoms with Gasteiger partial charge in [0.05, 0.1) is 18.8 Å². The summed E-state index contributed by atoms with van der Waals surface area (Å²) in [5.41, 5.74) is 6.61. The fourth-order valence-electron chi connectivity index (χ4n) is 4.16. The third kappa shape index (κ3) is 4.09. The highest BCUT2D eigenvalue weighted by Gasteiger charge is 2.19. The van der Waals surface area contributed by atoms with Crippen LogP contribution in [0, 0.1) is 6.92 Å². The van der Waals surface area contributed by atoms with Gasteiger partial charge in [-0.3, -0.25) is 9.48 Å². The molecule has 0 saturated carbocycles. The number of amides is 1. The molecule has 0 unspecified atom stereocenters. The smallest absolute Gasteiger partial charge is 0.268 e. The van der Waals surface area contributed by atoms with E-state index < -0.39 is 6.04 Å². The summed E-state index contributed by atoms with van der Waals surface area (Å²) in [6.45, 7) is 1.73. The number of carbonyl (C=O) groups is 1. The maximum absolute atomic E-state index is 12.9. The van der Waals surface area contributed by atoms with Gasteiger partial charge in [0.2, 0.25) is 0 Å². The number of nitrogens with one attached hydrogen (secondary N) is 3. The van der Waals surface area contributed by atoms with Gasteiger partial charge in [-0.1, -0.05) is 23.7 Å². The first kappa shape index (κ1) is 21.9. The van der Waals surface area contributed by atoms with E-state index in [2.05, 4.69) is 31.4 Å². The molecule has 0 spiro atoms. The lowest BCUT2D eigenvalue weighted by Crippen LogP contribution is -2.31. The molecular weight excluding hydrogens is 452 g/mol. The van der Waals surface area contributed by atoms with Gasteiger partial charge >= 0.3 is 0 Å². The Morgan fingerprint density at radius 3 is 2.79 bits per heavy atom. The van der Waals surface area contributed by atoms with Gasteiger partial charge in [0, 0.05) is 64.0 Å². The summed E-state index contributed by atoms with van der Waals surface area (Å²) in [6.07, 6.45) is 7.37. The molecule has 0 aliphatic heterocycles. The van der Waals surface area contributed by atoms with Crippen molar-refractivity contribution in [1.29, 1.82) is 0 Å². The van der Waals surface area contributed by atoms with Gasteiger partial charge < -0.3 is 20.4 Å². The van der Waals surface area contributed by atoms with E-state index in [4.69, 9.17) is 11.6 Å². The molecule has 0 radical (unpaired) electrons. The van der Waals surface area contributed by atoms with Gasteiger partial charge in [-0.25, -0.2) is 4.98 Å². The normalized spacial score (nSPS) is 12.2. The number of halogens is 1. The number of aliphatic hydroxyl groups is 1. The van der Waals surface area contributed by atoms with Gasteiger partial charge in [0.1, 0.15) is 11.3 Å². The van der Waals surface area contributed by atoms with Crippen LogP contribution in [0.15, 0.2) is 61.2 Å². The van der Waals surface area contributed by atoms with Crippen LogP contribution >= 0.6 is 11.6 Å². The lowest BCUT2D eigenvalue weighted by Gasteiger charge is -2.16. The molecule has 4 aromatic heterocycles. The van der Waals surface area contributed by atoms with Crippen LogP contribution < -0.4 is 5.32 Å². The van der Waals surface area contributed by atoms with Gasteiger partial charge in [-0.15, -0.1) is 0 Å². The minimum atomic E-state index is -0.570. The van der Waals surface area contributed by atoms with Crippen molar-refractivity contribution in [3.8, 4) is 22.3 Å². The maximum atomic E-state index is 12.9. The zero-order chi connectivity index (χ0) is 23.8. The molecule has 5 rings (SSSR count). The largest absolute Gasteiger partial charge is 0.394 e. The Morgan fingerprint density at radius 2 is 2.06 bits per heavy atom. The molecule has 172 valence electrons. The van der Waals surface area contributed by atoms with E-state index in [1.165, 1.54) is 0 Å². The van der Waals surface area contributed by atoms with Crippen molar-refractivity contribution in [3.63, 3.8) is 0 Å². The van der Waals surface area contributed by atoms with E-state index in [-0.39, 0.29) is 12.5 Å². The second kappa shape index (κ2) is 8.81. The maximum Gasteiger partial charge on any atom is 0.268 e. The van der Waals surface area contributed by atoms with Crippen molar-refractivity contribution in [2.24, 2.45) is 7.05 Å². The minimum absolute atomic E-state index is 0.246. The summed E-state index contributed by atoms with van der Waals surface area (Å²) in [5, 5.41) is 18.4. The first-order chi connectivity index (χ1) is 16.4. The third-order valence-corrected chi connectivity index (χ3v) is 6.07. The molecule has 1 amide bonds. The molecule has 9 heteroatoms. The Hall–Kier alpha value is -3.88. The summed E-state index contributed by atoms with van der Waals surface area (Å²) in [7, 11) is 1.88. The zero-order valence-electron chi connectivity index (χ0n) is 18.6. The number of hydrogen-bond donors (Lipinski definition) is 4. The molecule has 0 saturated heterocycles. The molecule has 0 aliphatic carbocycles. The number of aryl methyl sites for hydroxylation is 2. The van der Waals surface area contributed by atoms with Crippen LogP contribution in [-0.4, -0.2) is 42.4 Å². The molecule has 34 heavy (non-hydrogen) atoms. The number of nitrogens with zero attached hydrogens (tertiary/aromatic N) is 3. The van der Waals surface area contributed by atoms with E-state index in [0.29, 0.717) is 10.7 Å². The van der Waals surface area contributed by atoms with Crippen LogP contribution in [0.25, 0.3) is 33.3 Å². The number of hydrogen-bond acceptors (Lipinski definition) is 4. The topological polar surface area (TPSA) is 112 Å². The number of fused-ring (bicyclic) bond motifs is 1. The molecule has 0 aliphatic rings. The molecular formula is C25H23ClN6O2. The minimum Gasteiger partial charge on any atom is -0.394 e. The quantitative estimate of drug-likeness (QED) is 0.292. The predicted molar refractivity (Wildman–Crippen MR) is 132 cm³/mol. The summed E-state index contributed by atoms with van der Waals surface area (Å²) in [5.74, 6) is -0.322. The zero-order valence-corrected chi connectivity index (χ0v) is 19.4. The number of benzene rings is 1. The van der Waals surface area contributed by atoms with Crippen LogP contribution in [0.4, 0.5) is 0 Å². The summed E-state index contributed by atoms with van der Waals surface area (Å²) in [4.78, 5) is 23.9. The highest BCUT2D eigenvalue weighted by atomic mass is 35.5. The SMILES string of the molecule is Cc1[nH]c2ncc(-c3cnn(C)c3)cc2c1-c1c[nH]c(C(=O)N[C@H](CO)c2cccc(Cl)c2)c1. The van der Waals surface area contributed by atoms with E-state index in [1.807, 2.05) is 32.4 Å². The van der Waals surface area contributed by atoms with Crippen LogP contribution in [0.1, 0.15) is 27.8 Å². The Labute approximate surface area is 200 Å². The number of aromatic amines is 2. The van der Waals surface area contributed by atoms with Gasteiger partial charge in [0.25, 0.3) is 5.91 Å². The lowest BCUT2D eigenvalue weighted by molar-refractivity contribution is 0.0911. The Morgan fingerprint density at radius 1 is 1.21 bits per heavy atom. The Balaban J connectivity index is 1.45. The number of aromatic nitrogens is 5. The number of carbonyl (C=O) groups excluding carboxylic acids is 1. The average Bonchev–Trinajstić information content (AvgIpc) is 3.54. The molecule has 1 aromatic carbocycles. The number of H-pyrrole nitrogens is 2. The fraction of sp³-hybridized carbons (Fsp3) is 0.160. The molecule has 5 aromatic rings. The van der Waals surface area contributed by atoms with Crippen molar-refractivity contribution in [1.82, 2.24) is 30.0 Å². The number of rotatable bonds is 6. The van der Waals surface area contributed by atoms with Crippen molar-refractivity contribution in [2.75, 3.05) is 6.61 Å². The first-order valence-corrected chi connectivity index (χ1v) is 11.1. The molecule has 4 N–H and O–H groups in total. The van der Waals surface area contributed by atoms with Gasteiger partial charge in [-0.05, 0) is 36.8 Å². The number of pyridine rings is 1. The summed E-state index contributed by atoms with van der Waals surface area (Å²) in [6, 6.07) is 10.4. The predicted octanol–water partition coefficient (Wildman–Crippen LogP) is 4.38. The second-order valence-electron chi connectivity index (χ2n) is 8.21.